The van der Waals surface area contributed by atoms with Crippen molar-refractivity contribution in [1.82, 2.24) is 5.32 Å². The number of carbonyl (C=O) groups excluding carboxylic acids is 1. The van der Waals surface area contributed by atoms with Crippen molar-refractivity contribution in [3.8, 4) is 0 Å². The molecule has 0 aromatic carbocycles. The number of rotatable bonds is 49. The molecular formula is C61H117NO18. The standard InChI is InChI=1S/C61H117NO18/c1-3-5-7-9-11-13-15-17-19-20-21-22-23-24-25-26-28-30-32-34-36-38-45(66)44(62-49(67)39-37-35-33-31-29-27-18-16-14-12-10-8-6-4-2)43-75-59-55(73)52(70)57(47(41-64)77-59)80-61-56(74)53(71)58(48(42-65)78-61)79-60-54(72)51(69)50(68)46(40-63)76-60/h44-48,50-61,63-66,68-74H,3-43H2,1-2H3,(H,62,67). The zero-order chi connectivity index (χ0) is 58.3. The van der Waals surface area contributed by atoms with Crippen LogP contribution in [0.3, 0.4) is 0 Å². The lowest BCUT2D eigenvalue weighted by atomic mass is 9.96. The Morgan fingerprint density at radius 3 is 1.09 bits per heavy atom. The molecule has 0 radical (unpaired) electrons. The van der Waals surface area contributed by atoms with Gasteiger partial charge in [-0.2, -0.15) is 0 Å². The molecule has 3 heterocycles. The van der Waals surface area contributed by atoms with Gasteiger partial charge >= 0.3 is 0 Å². The quantitative estimate of drug-likeness (QED) is 0.0280. The van der Waals surface area contributed by atoms with Crippen LogP contribution in [0.2, 0.25) is 0 Å². The number of hydrogen-bond donors (Lipinski definition) is 12. The average molecular weight is 1150 g/mol. The number of nitrogens with one attached hydrogen (secondary N) is 1. The van der Waals surface area contributed by atoms with Gasteiger partial charge in [-0.3, -0.25) is 4.79 Å². The van der Waals surface area contributed by atoms with E-state index in [4.69, 9.17) is 28.4 Å². The van der Waals surface area contributed by atoms with E-state index in [2.05, 4.69) is 19.2 Å². The highest BCUT2D eigenvalue weighted by molar-refractivity contribution is 5.76. The minimum atomic E-state index is -1.97. The molecule has 19 nitrogen and oxygen atoms in total. The Morgan fingerprint density at radius 1 is 0.400 bits per heavy atom. The highest BCUT2D eigenvalue weighted by Gasteiger charge is 2.53. The lowest BCUT2D eigenvalue weighted by molar-refractivity contribution is -0.379. The maximum atomic E-state index is 13.4. The van der Waals surface area contributed by atoms with E-state index in [1.54, 1.807) is 0 Å². The maximum Gasteiger partial charge on any atom is 0.220 e. The topological polar surface area (TPSA) is 307 Å². The number of unbranched alkanes of at least 4 members (excludes halogenated alkanes) is 33. The third kappa shape index (κ3) is 28.3. The number of amides is 1. The van der Waals surface area contributed by atoms with Gasteiger partial charge < -0.3 is 89.9 Å². The Kier molecular flexibility index (Phi) is 41.2. The van der Waals surface area contributed by atoms with Crippen LogP contribution in [-0.2, 0) is 33.2 Å². The van der Waals surface area contributed by atoms with Gasteiger partial charge in [0, 0.05) is 6.42 Å². The van der Waals surface area contributed by atoms with E-state index < -0.39 is 124 Å². The van der Waals surface area contributed by atoms with E-state index in [-0.39, 0.29) is 18.9 Å². The third-order valence-electron chi connectivity index (χ3n) is 16.7. The summed E-state index contributed by atoms with van der Waals surface area (Å²) in [6.45, 7) is 1.82. The van der Waals surface area contributed by atoms with Crippen molar-refractivity contribution in [3.05, 3.63) is 0 Å². The van der Waals surface area contributed by atoms with Gasteiger partial charge in [-0.25, -0.2) is 0 Å². The summed E-state index contributed by atoms with van der Waals surface area (Å²) in [5.74, 6) is -0.238. The van der Waals surface area contributed by atoms with Gasteiger partial charge in [-0.05, 0) is 12.8 Å². The fraction of sp³-hybridized carbons (Fsp3) is 0.984. The Labute approximate surface area is 481 Å². The van der Waals surface area contributed by atoms with Crippen molar-refractivity contribution in [2.45, 2.75) is 356 Å². The molecule has 0 saturated carbocycles. The summed E-state index contributed by atoms with van der Waals surface area (Å²) in [7, 11) is 0. The molecule has 0 bridgehead atoms. The maximum absolute atomic E-state index is 13.4. The summed E-state index contributed by atoms with van der Waals surface area (Å²) < 4.78 is 34.4. The van der Waals surface area contributed by atoms with Gasteiger partial charge in [-0.1, -0.05) is 232 Å². The van der Waals surface area contributed by atoms with Crippen LogP contribution < -0.4 is 5.32 Å². The molecule has 0 spiro atoms. The molecule has 3 fully saturated rings. The van der Waals surface area contributed by atoms with Crippen LogP contribution in [0, 0.1) is 0 Å². The van der Waals surface area contributed by atoms with Gasteiger partial charge in [0.1, 0.15) is 73.2 Å². The van der Waals surface area contributed by atoms with Crippen molar-refractivity contribution in [1.29, 1.82) is 0 Å². The van der Waals surface area contributed by atoms with E-state index in [1.165, 1.54) is 173 Å². The van der Waals surface area contributed by atoms with Crippen LogP contribution in [0.15, 0.2) is 0 Å². The van der Waals surface area contributed by atoms with Crippen LogP contribution in [0.25, 0.3) is 0 Å². The van der Waals surface area contributed by atoms with Gasteiger partial charge in [0.15, 0.2) is 18.9 Å². The predicted molar refractivity (Wildman–Crippen MR) is 305 cm³/mol. The number of carbonyl (C=O) groups is 1. The number of aliphatic hydroxyl groups excluding tert-OH is 11. The molecule has 0 aliphatic carbocycles. The van der Waals surface area contributed by atoms with Gasteiger partial charge in [0.2, 0.25) is 5.91 Å². The molecule has 474 valence electrons. The molecule has 3 aliphatic rings. The van der Waals surface area contributed by atoms with E-state index in [0.717, 1.165) is 44.9 Å². The molecule has 3 saturated heterocycles. The molecule has 12 N–H and O–H groups in total. The molecule has 0 aromatic heterocycles. The van der Waals surface area contributed by atoms with E-state index >= 15 is 0 Å². The summed E-state index contributed by atoms with van der Waals surface area (Å²) in [5, 5.41) is 120. The zero-order valence-corrected chi connectivity index (χ0v) is 49.6. The molecule has 17 atom stereocenters. The van der Waals surface area contributed by atoms with E-state index in [9.17, 15) is 61.0 Å². The highest BCUT2D eigenvalue weighted by Crippen LogP contribution is 2.33. The normalized spacial score (nSPS) is 29.9. The lowest BCUT2D eigenvalue weighted by Crippen LogP contribution is -2.66. The molecule has 19 heteroatoms. The van der Waals surface area contributed by atoms with Crippen molar-refractivity contribution < 1.29 is 89.4 Å². The molecule has 1 amide bonds. The van der Waals surface area contributed by atoms with Crippen LogP contribution in [0.5, 0.6) is 0 Å². The first-order valence-corrected chi connectivity index (χ1v) is 32.3. The first-order chi connectivity index (χ1) is 38.8. The Balaban J connectivity index is 1.46. The zero-order valence-electron chi connectivity index (χ0n) is 49.6. The molecule has 3 rings (SSSR count). The first-order valence-electron chi connectivity index (χ1n) is 32.3. The van der Waals surface area contributed by atoms with Crippen LogP contribution in [0.4, 0.5) is 0 Å². The summed E-state index contributed by atoms with van der Waals surface area (Å²) >= 11 is 0. The van der Waals surface area contributed by atoms with E-state index in [1.807, 2.05) is 0 Å². The monoisotopic (exact) mass is 1150 g/mol. The molecule has 80 heavy (non-hydrogen) atoms. The summed E-state index contributed by atoms with van der Waals surface area (Å²) in [5.41, 5.74) is 0. The number of hydrogen-bond acceptors (Lipinski definition) is 18. The van der Waals surface area contributed by atoms with E-state index in [0.29, 0.717) is 12.8 Å². The number of ether oxygens (including phenoxy) is 6. The largest absolute Gasteiger partial charge is 0.394 e. The lowest BCUT2D eigenvalue weighted by Gasteiger charge is -2.48. The summed E-state index contributed by atoms with van der Waals surface area (Å²) in [4.78, 5) is 13.4. The predicted octanol–water partition coefficient (Wildman–Crippen LogP) is 6.77. The molecular weight excluding hydrogens is 1030 g/mol. The average Bonchev–Trinajstić information content (AvgIpc) is 3.47. The minimum Gasteiger partial charge on any atom is -0.394 e. The smallest absolute Gasteiger partial charge is 0.220 e. The van der Waals surface area contributed by atoms with Crippen molar-refractivity contribution >= 4 is 5.91 Å². The van der Waals surface area contributed by atoms with Crippen LogP contribution in [-0.4, -0.2) is 193 Å². The Hall–Kier alpha value is -1.21. The Morgan fingerprint density at radius 2 is 0.713 bits per heavy atom. The molecule has 0 aromatic rings. The van der Waals surface area contributed by atoms with Crippen molar-refractivity contribution in [2.75, 3.05) is 26.4 Å². The molecule has 17 unspecified atom stereocenters. The van der Waals surface area contributed by atoms with Crippen LogP contribution in [0.1, 0.15) is 251 Å². The minimum absolute atomic E-state index is 0.238. The Bertz CT molecular complexity index is 1470. The second-order valence-corrected chi connectivity index (χ2v) is 23.6. The van der Waals surface area contributed by atoms with Gasteiger partial charge in [0.05, 0.1) is 38.6 Å². The molecule has 3 aliphatic heterocycles. The second kappa shape index (κ2) is 45.2. The highest BCUT2D eigenvalue weighted by atomic mass is 16.8. The fourth-order valence-corrected chi connectivity index (χ4v) is 11.4. The SMILES string of the molecule is CCCCCCCCCCCCCCCCCCCCCCCC(O)C(COC1OC(CO)C(OC2OC(CO)C(OC3OC(CO)C(O)C(O)C3O)C(O)C2O)C(O)C1O)NC(=O)CCCCCCCCCCCCCCCC. The second-order valence-electron chi connectivity index (χ2n) is 23.6. The van der Waals surface area contributed by atoms with Crippen LogP contribution >= 0.6 is 0 Å². The number of aliphatic hydroxyl groups is 11. The van der Waals surface area contributed by atoms with Crippen molar-refractivity contribution in [2.24, 2.45) is 0 Å². The summed E-state index contributed by atoms with van der Waals surface area (Å²) in [6.07, 6.45) is 17.5. The fourth-order valence-electron chi connectivity index (χ4n) is 11.4. The summed E-state index contributed by atoms with van der Waals surface area (Å²) in [6, 6.07) is -0.880. The first kappa shape index (κ1) is 73.0. The third-order valence-corrected chi connectivity index (χ3v) is 16.7. The van der Waals surface area contributed by atoms with Crippen molar-refractivity contribution in [3.63, 3.8) is 0 Å². The van der Waals surface area contributed by atoms with Gasteiger partial charge in [0.25, 0.3) is 0 Å². The van der Waals surface area contributed by atoms with Gasteiger partial charge in [-0.15, -0.1) is 0 Å².